The molecule has 1 fully saturated rings. The second kappa shape index (κ2) is 5.70. The molecule has 0 aliphatic heterocycles. The molecule has 1 aliphatic carbocycles. The second-order valence-electron chi connectivity index (χ2n) is 4.63. The molecule has 98 valence electrons. The van der Waals surface area contributed by atoms with Crippen molar-refractivity contribution in [3.05, 3.63) is 23.2 Å². The fourth-order valence-corrected chi connectivity index (χ4v) is 2.67. The molecule has 0 atom stereocenters. The number of rotatable bonds is 2. The molecule has 0 aromatic carbocycles. The zero-order valence-corrected chi connectivity index (χ0v) is 12.0. The minimum atomic E-state index is 0.583. The summed E-state index contributed by atoms with van der Waals surface area (Å²) in [5, 5.41) is 1.62. The van der Waals surface area contributed by atoms with Gasteiger partial charge in [-0.2, -0.15) is 0 Å². The highest BCUT2D eigenvalue weighted by Crippen LogP contribution is 2.33. The van der Waals surface area contributed by atoms with Crippen LogP contribution in [-0.4, -0.2) is 14.5 Å². The van der Waals surface area contributed by atoms with Crippen molar-refractivity contribution in [2.45, 2.75) is 39.5 Å². The summed E-state index contributed by atoms with van der Waals surface area (Å²) in [5.74, 6) is 0.835. The number of aryl methyl sites for hydroxylation is 1. The van der Waals surface area contributed by atoms with Crippen LogP contribution in [0.4, 0.5) is 0 Å². The highest BCUT2D eigenvalue weighted by Gasteiger charge is 2.21. The molecule has 4 heteroatoms. The minimum Gasteiger partial charge on any atom is -0.335 e. The van der Waals surface area contributed by atoms with Gasteiger partial charge >= 0.3 is 0 Å². The van der Waals surface area contributed by atoms with E-state index in [9.17, 15) is 0 Å². The number of hydrogen-bond donors (Lipinski definition) is 0. The van der Waals surface area contributed by atoms with Crippen LogP contribution in [0.3, 0.4) is 0 Å². The van der Waals surface area contributed by atoms with Crippen LogP contribution in [0, 0.1) is 5.92 Å². The summed E-state index contributed by atoms with van der Waals surface area (Å²) < 4.78 is 2.04. The van der Waals surface area contributed by atoms with Gasteiger partial charge in [0.05, 0.1) is 5.39 Å². The van der Waals surface area contributed by atoms with E-state index in [0.717, 1.165) is 23.4 Å². The predicted octanol–water partition coefficient (Wildman–Crippen LogP) is 3.99. The van der Waals surface area contributed by atoms with Crippen molar-refractivity contribution < 1.29 is 0 Å². The first-order valence-electron chi connectivity index (χ1n) is 6.70. The molecule has 0 saturated heterocycles. The van der Waals surface area contributed by atoms with Crippen LogP contribution in [-0.2, 0) is 13.5 Å². The van der Waals surface area contributed by atoms with E-state index in [-0.39, 0.29) is 0 Å². The lowest BCUT2D eigenvalue weighted by molar-refractivity contribution is 0.315. The molecule has 0 unspecified atom stereocenters. The maximum atomic E-state index is 6.16. The van der Waals surface area contributed by atoms with Crippen LogP contribution in [0.5, 0.6) is 0 Å². The van der Waals surface area contributed by atoms with Gasteiger partial charge in [-0.05, 0) is 17.9 Å². The average Bonchev–Trinajstić information content (AvgIpc) is 2.65. The van der Waals surface area contributed by atoms with Crippen LogP contribution in [0.15, 0.2) is 12.5 Å². The van der Waals surface area contributed by atoms with E-state index in [1.807, 2.05) is 25.5 Å². The lowest BCUT2D eigenvalue weighted by atomic mass is 9.81. The standard InChI is InChI=1S/C12H14ClN3.C2H6/c1-16-6-9(5-8-3-2-4-8)10-11(13)14-7-15-12(10)16;1-2/h6-8H,2-5H2,1H3;1-2H3. The summed E-state index contributed by atoms with van der Waals surface area (Å²) in [6.07, 6.45) is 8.86. The number of halogens is 1. The molecular formula is C14H20ClN3. The molecule has 0 amide bonds. The molecule has 3 rings (SSSR count). The Labute approximate surface area is 113 Å². The molecule has 0 spiro atoms. The largest absolute Gasteiger partial charge is 0.335 e. The molecule has 18 heavy (non-hydrogen) atoms. The van der Waals surface area contributed by atoms with Crippen LogP contribution >= 0.6 is 11.6 Å². The second-order valence-corrected chi connectivity index (χ2v) is 4.99. The van der Waals surface area contributed by atoms with Gasteiger partial charge in [-0.1, -0.05) is 44.7 Å². The van der Waals surface area contributed by atoms with E-state index in [1.165, 1.54) is 31.2 Å². The van der Waals surface area contributed by atoms with Crippen molar-refractivity contribution in [3.63, 3.8) is 0 Å². The van der Waals surface area contributed by atoms with Crippen LogP contribution in [0.1, 0.15) is 38.7 Å². The summed E-state index contributed by atoms with van der Waals surface area (Å²) in [7, 11) is 2.01. The quantitative estimate of drug-likeness (QED) is 0.769. The fourth-order valence-electron chi connectivity index (χ4n) is 2.42. The number of nitrogens with zero attached hydrogens (tertiary/aromatic N) is 3. The highest BCUT2D eigenvalue weighted by molar-refractivity contribution is 6.34. The Morgan fingerprint density at radius 2 is 2.06 bits per heavy atom. The van der Waals surface area contributed by atoms with E-state index < -0.39 is 0 Å². The molecule has 3 nitrogen and oxygen atoms in total. The van der Waals surface area contributed by atoms with E-state index in [1.54, 1.807) is 0 Å². The maximum Gasteiger partial charge on any atom is 0.144 e. The number of aromatic nitrogens is 3. The lowest BCUT2D eigenvalue weighted by Crippen LogP contribution is -2.13. The SMILES string of the molecule is CC.Cn1cc(CC2CCC2)c2c(Cl)ncnc21. The van der Waals surface area contributed by atoms with Crippen molar-refractivity contribution in [1.82, 2.24) is 14.5 Å². The van der Waals surface area contributed by atoms with Gasteiger partial charge in [0, 0.05) is 13.2 Å². The first-order valence-corrected chi connectivity index (χ1v) is 7.08. The molecule has 2 aromatic rings. The van der Waals surface area contributed by atoms with Gasteiger partial charge in [0.25, 0.3) is 0 Å². The Morgan fingerprint density at radius 3 is 2.67 bits per heavy atom. The maximum absolute atomic E-state index is 6.16. The van der Waals surface area contributed by atoms with Gasteiger partial charge < -0.3 is 4.57 Å². The van der Waals surface area contributed by atoms with Crippen LogP contribution < -0.4 is 0 Å². The first kappa shape index (κ1) is 13.3. The smallest absolute Gasteiger partial charge is 0.144 e. The van der Waals surface area contributed by atoms with E-state index in [2.05, 4.69) is 16.2 Å². The zero-order chi connectivity index (χ0) is 13.1. The third-order valence-corrected chi connectivity index (χ3v) is 3.81. The Morgan fingerprint density at radius 1 is 1.33 bits per heavy atom. The molecule has 0 bridgehead atoms. The summed E-state index contributed by atoms with van der Waals surface area (Å²) >= 11 is 6.16. The third kappa shape index (κ3) is 2.37. The van der Waals surface area contributed by atoms with E-state index in [4.69, 9.17) is 11.6 Å². The number of fused-ring (bicyclic) bond motifs is 1. The van der Waals surface area contributed by atoms with Crippen molar-refractivity contribution in [2.75, 3.05) is 0 Å². The molecule has 2 aromatic heterocycles. The van der Waals surface area contributed by atoms with Crippen molar-refractivity contribution in [1.29, 1.82) is 0 Å². The van der Waals surface area contributed by atoms with Gasteiger partial charge in [-0.25, -0.2) is 9.97 Å². The minimum absolute atomic E-state index is 0.583. The Kier molecular flexibility index (Phi) is 4.23. The Balaban J connectivity index is 0.000000574. The van der Waals surface area contributed by atoms with Crippen molar-refractivity contribution >= 4 is 22.6 Å². The van der Waals surface area contributed by atoms with Gasteiger partial charge in [0.15, 0.2) is 0 Å². The number of hydrogen-bond acceptors (Lipinski definition) is 2. The molecule has 0 N–H and O–H groups in total. The van der Waals surface area contributed by atoms with E-state index >= 15 is 0 Å². The van der Waals surface area contributed by atoms with Gasteiger partial charge in [0.2, 0.25) is 0 Å². The average molecular weight is 266 g/mol. The summed E-state index contributed by atoms with van der Waals surface area (Å²) in [6.45, 7) is 4.00. The van der Waals surface area contributed by atoms with Crippen LogP contribution in [0.2, 0.25) is 5.15 Å². The molecule has 2 heterocycles. The monoisotopic (exact) mass is 265 g/mol. The molecule has 0 radical (unpaired) electrons. The van der Waals surface area contributed by atoms with Crippen molar-refractivity contribution in [3.8, 4) is 0 Å². The predicted molar refractivity (Wildman–Crippen MR) is 75.9 cm³/mol. The molecule has 1 aliphatic rings. The lowest BCUT2D eigenvalue weighted by Gasteiger charge is -2.24. The molecule has 1 saturated carbocycles. The molecular weight excluding hydrogens is 246 g/mol. The summed E-state index contributed by atoms with van der Waals surface area (Å²) in [5.41, 5.74) is 2.24. The summed E-state index contributed by atoms with van der Waals surface area (Å²) in [6, 6.07) is 0. The zero-order valence-electron chi connectivity index (χ0n) is 11.3. The van der Waals surface area contributed by atoms with Gasteiger partial charge in [-0.3, -0.25) is 0 Å². The Hall–Kier alpha value is -1.09. The Bertz CT molecular complexity index is 529. The van der Waals surface area contributed by atoms with Gasteiger partial charge in [-0.15, -0.1) is 0 Å². The normalized spacial score (nSPS) is 15.1. The fraction of sp³-hybridized carbons (Fsp3) is 0.571. The first-order chi connectivity index (χ1) is 8.75. The van der Waals surface area contributed by atoms with Crippen LogP contribution in [0.25, 0.3) is 11.0 Å². The third-order valence-electron chi connectivity index (χ3n) is 3.52. The highest BCUT2D eigenvalue weighted by atomic mass is 35.5. The van der Waals surface area contributed by atoms with Gasteiger partial charge in [0.1, 0.15) is 17.1 Å². The topological polar surface area (TPSA) is 30.7 Å². The van der Waals surface area contributed by atoms with E-state index in [0.29, 0.717) is 5.15 Å². The summed E-state index contributed by atoms with van der Waals surface area (Å²) in [4.78, 5) is 8.35. The van der Waals surface area contributed by atoms with Crippen molar-refractivity contribution in [2.24, 2.45) is 13.0 Å².